The molecule has 2 N–H and O–H groups in total. The quantitative estimate of drug-likeness (QED) is 0.516. The fourth-order valence-electron chi connectivity index (χ4n) is 2.47. The van der Waals surface area contributed by atoms with Crippen molar-refractivity contribution in [2.75, 3.05) is 0 Å². The Labute approximate surface area is 156 Å². The van der Waals surface area contributed by atoms with Crippen LogP contribution in [-0.2, 0) is 0 Å². The normalized spacial score (nSPS) is 11.0. The van der Waals surface area contributed by atoms with Crippen molar-refractivity contribution >= 4 is 34.2 Å². The highest BCUT2D eigenvalue weighted by Crippen LogP contribution is 2.34. The minimum atomic E-state index is -0.416. The van der Waals surface area contributed by atoms with Gasteiger partial charge in [-0.1, -0.05) is 28.4 Å². The number of pyridine rings is 1. The van der Waals surface area contributed by atoms with Gasteiger partial charge in [-0.2, -0.15) is 0 Å². The van der Waals surface area contributed by atoms with Crippen LogP contribution in [0.4, 0.5) is 0 Å². The first-order valence-electron chi connectivity index (χ1n) is 7.46. The third-order valence-corrected chi connectivity index (χ3v) is 4.27. The van der Waals surface area contributed by atoms with Crippen molar-refractivity contribution in [1.82, 2.24) is 10.1 Å². The molecule has 0 unspecified atom stereocenters. The molecule has 2 aromatic heterocycles. The van der Waals surface area contributed by atoms with Gasteiger partial charge in [-0.05, 0) is 42.5 Å². The van der Waals surface area contributed by atoms with Crippen molar-refractivity contribution in [2.24, 2.45) is 0 Å². The molecule has 2 aromatic carbocycles. The minimum absolute atomic E-state index is 0.122. The Morgan fingerprint density at radius 2 is 1.85 bits per heavy atom. The Morgan fingerprint density at radius 1 is 1.08 bits per heavy atom. The molecule has 26 heavy (non-hydrogen) atoms. The van der Waals surface area contributed by atoms with Crippen molar-refractivity contribution in [1.29, 1.82) is 0 Å². The summed E-state index contributed by atoms with van der Waals surface area (Å²) in [4.78, 5) is 15.1. The number of phenolic OH excluding ortho intramolecular Hbond substituents is 1. The van der Waals surface area contributed by atoms with E-state index in [0.717, 1.165) is 0 Å². The van der Waals surface area contributed by atoms with Crippen molar-refractivity contribution in [2.45, 2.75) is 0 Å². The summed E-state index contributed by atoms with van der Waals surface area (Å²) in [6.45, 7) is 0. The summed E-state index contributed by atoms with van der Waals surface area (Å²) in [6, 6.07) is 12.7. The number of aromatic amines is 1. The van der Waals surface area contributed by atoms with E-state index >= 15 is 0 Å². The molecule has 0 saturated carbocycles. The summed E-state index contributed by atoms with van der Waals surface area (Å²) in [7, 11) is 0. The molecule has 0 aliphatic heterocycles. The first kappa shape index (κ1) is 16.5. The molecule has 0 aliphatic carbocycles. The molecule has 4 aromatic rings. The summed E-state index contributed by atoms with van der Waals surface area (Å²) < 4.78 is 10.8. The molecule has 4 rings (SSSR count). The Morgan fingerprint density at radius 3 is 2.58 bits per heavy atom. The van der Waals surface area contributed by atoms with Gasteiger partial charge in [0.05, 0.1) is 16.0 Å². The van der Waals surface area contributed by atoms with E-state index in [4.69, 9.17) is 32.5 Å². The molecular formula is C18H10Cl2N2O4. The molecule has 0 amide bonds. The van der Waals surface area contributed by atoms with Gasteiger partial charge in [0.25, 0.3) is 5.56 Å². The number of H-pyrrole nitrogens is 1. The standard InChI is InChI=1S/C18H10Cl2N2O4/c19-9-1-3-10(4-2-9)25-16-6-5-11(18(24)21-16)17-12-7-14(23)13(20)8-15(12)26-22-17/h1-8,23H,(H,21,24). The van der Waals surface area contributed by atoms with E-state index in [-0.39, 0.29) is 22.2 Å². The van der Waals surface area contributed by atoms with E-state index in [2.05, 4.69) is 10.1 Å². The second-order valence-corrected chi connectivity index (χ2v) is 6.30. The number of fused-ring (bicyclic) bond motifs is 1. The largest absolute Gasteiger partial charge is 0.506 e. The first-order valence-corrected chi connectivity index (χ1v) is 8.22. The van der Waals surface area contributed by atoms with Crippen LogP contribution in [0, 0.1) is 0 Å². The molecular weight excluding hydrogens is 379 g/mol. The van der Waals surface area contributed by atoms with Gasteiger partial charge in [0.15, 0.2) is 11.5 Å². The van der Waals surface area contributed by atoms with Crippen LogP contribution in [-0.4, -0.2) is 15.2 Å². The van der Waals surface area contributed by atoms with Gasteiger partial charge in [-0.25, -0.2) is 0 Å². The lowest BCUT2D eigenvalue weighted by Gasteiger charge is -2.06. The zero-order valence-electron chi connectivity index (χ0n) is 13.0. The number of rotatable bonds is 3. The number of phenols is 1. The molecule has 0 saturated heterocycles. The van der Waals surface area contributed by atoms with Crippen LogP contribution >= 0.6 is 23.2 Å². The number of aromatic hydroxyl groups is 1. The van der Waals surface area contributed by atoms with Crippen molar-refractivity contribution in [3.05, 3.63) is 68.9 Å². The molecule has 6 nitrogen and oxygen atoms in total. The van der Waals surface area contributed by atoms with E-state index in [1.54, 1.807) is 36.4 Å². The van der Waals surface area contributed by atoms with Crippen LogP contribution < -0.4 is 10.3 Å². The predicted octanol–water partition coefficient (Wildman–Crippen LogP) is 4.99. The molecule has 2 heterocycles. The van der Waals surface area contributed by atoms with Crippen LogP contribution in [0.25, 0.3) is 22.2 Å². The van der Waals surface area contributed by atoms with Crippen LogP contribution in [0.2, 0.25) is 10.0 Å². The average molecular weight is 389 g/mol. The van der Waals surface area contributed by atoms with Crippen LogP contribution in [0.1, 0.15) is 0 Å². The van der Waals surface area contributed by atoms with Gasteiger partial charge < -0.3 is 14.4 Å². The number of halogens is 2. The summed E-state index contributed by atoms with van der Waals surface area (Å²) >= 11 is 11.7. The van der Waals surface area contributed by atoms with Gasteiger partial charge >= 0.3 is 0 Å². The lowest BCUT2D eigenvalue weighted by atomic mass is 10.1. The molecule has 0 bridgehead atoms. The first-order chi connectivity index (χ1) is 12.5. The van der Waals surface area contributed by atoms with Crippen molar-refractivity contribution in [3.8, 4) is 28.6 Å². The third kappa shape index (κ3) is 3.00. The van der Waals surface area contributed by atoms with Crippen LogP contribution in [0.5, 0.6) is 17.4 Å². The van der Waals surface area contributed by atoms with Gasteiger partial charge in [0.1, 0.15) is 17.2 Å². The monoisotopic (exact) mass is 388 g/mol. The number of ether oxygens (including phenoxy) is 1. The highest BCUT2D eigenvalue weighted by molar-refractivity contribution is 6.32. The lowest BCUT2D eigenvalue weighted by Crippen LogP contribution is -2.09. The zero-order valence-corrected chi connectivity index (χ0v) is 14.5. The summed E-state index contributed by atoms with van der Waals surface area (Å²) in [5.74, 6) is 0.673. The van der Waals surface area contributed by atoms with Gasteiger partial charge in [0.2, 0.25) is 0 Å². The molecule has 0 spiro atoms. The van der Waals surface area contributed by atoms with E-state index in [1.807, 2.05) is 0 Å². The van der Waals surface area contributed by atoms with Crippen LogP contribution in [0.3, 0.4) is 0 Å². The zero-order chi connectivity index (χ0) is 18.3. The maximum atomic E-state index is 12.5. The number of hydrogen-bond acceptors (Lipinski definition) is 5. The van der Waals surface area contributed by atoms with Crippen molar-refractivity contribution < 1.29 is 14.4 Å². The molecule has 0 atom stereocenters. The number of nitrogens with one attached hydrogen (secondary N) is 1. The maximum Gasteiger partial charge on any atom is 0.260 e. The van der Waals surface area contributed by atoms with E-state index in [9.17, 15) is 9.90 Å². The van der Waals surface area contributed by atoms with E-state index in [1.165, 1.54) is 12.1 Å². The second-order valence-electron chi connectivity index (χ2n) is 5.45. The Hall–Kier alpha value is -2.96. The average Bonchev–Trinajstić information content (AvgIpc) is 3.00. The fraction of sp³-hybridized carbons (Fsp3) is 0. The highest BCUT2D eigenvalue weighted by Gasteiger charge is 2.16. The SMILES string of the molecule is O=c1[nH]c(Oc2ccc(Cl)cc2)ccc1-c1noc2cc(Cl)c(O)cc12. The number of hydrogen-bond donors (Lipinski definition) is 2. The topological polar surface area (TPSA) is 88.4 Å². The maximum absolute atomic E-state index is 12.5. The Kier molecular flexibility index (Phi) is 4.06. The predicted molar refractivity (Wildman–Crippen MR) is 98.3 cm³/mol. The number of aromatic nitrogens is 2. The number of benzene rings is 2. The smallest absolute Gasteiger partial charge is 0.260 e. The summed E-state index contributed by atoms with van der Waals surface area (Å²) in [5, 5.41) is 14.9. The summed E-state index contributed by atoms with van der Waals surface area (Å²) in [6.07, 6.45) is 0. The van der Waals surface area contributed by atoms with Gasteiger partial charge in [-0.15, -0.1) is 0 Å². The Balaban J connectivity index is 1.71. The molecule has 0 radical (unpaired) electrons. The highest BCUT2D eigenvalue weighted by atomic mass is 35.5. The lowest BCUT2D eigenvalue weighted by molar-refractivity contribution is 0.456. The third-order valence-electron chi connectivity index (χ3n) is 3.72. The van der Waals surface area contributed by atoms with Crippen LogP contribution in [0.15, 0.2) is 57.8 Å². The van der Waals surface area contributed by atoms with E-state index < -0.39 is 5.56 Å². The van der Waals surface area contributed by atoms with Gasteiger partial charge in [0, 0.05) is 11.1 Å². The van der Waals surface area contributed by atoms with Gasteiger partial charge in [-0.3, -0.25) is 9.78 Å². The molecule has 130 valence electrons. The Bertz CT molecular complexity index is 1170. The number of nitrogens with zero attached hydrogens (tertiary/aromatic N) is 1. The molecule has 0 aliphatic rings. The second kappa shape index (κ2) is 6.40. The van der Waals surface area contributed by atoms with E-state index in [0.29, 0.717) is 27.4 Å². The fourth-order valence-corrected chi connectivity index (χ4v) is 2.75. The van der Waals surface area contributed by atoms with Crippen molar-refractivity contribution in [3.63, 3.8) is 0 Å². The summed E-state index contributed by atoms with van der Waals surface area (Å²) in [5.41, 5.74) is 0.519. The molecule has 0 fully saturated rings. The minimum Gasteiger partial charge on any atom is -0.506 e. The molecule has 8 heteroatoms.